The SMILES string of the molecule is NCc1nnc(Nc2cccc(C(F)(F)F)c2)o1. The van der Waals surface area contributed by atoms with E-state index in [1.807, 2.05) is 0 Å². The average molecular weight is 258 g/mol. The van der Waals surface area contributed by atoms with Gasteiger partial charge in [-0.1, -0.05) is 11.2 Å². The molecule has 8 heteroatoms. The summed E-state index contributed by atoms with van der Waals surface area (Å²) in [7, 11) is 0. The second-order valence-electron chi connectivity index (χ2n) is 3.41. The first-order valence-electron chi connectivity index (χ1n) is 4.96. The Morgan fingerprint density at radius 1 is 1.28 bits per heavy atom. The Morgan fingerprint density at radius 3 is 2.67 bits per heavy atom. The maximum Gasteiger partial charge on any atom is 0.416 e. The van der Waals surface area contributed by atoms with Crippen molar-refractivity contribution in [3.8, 4) is 0 Å². The molecular formula is C10H9F3N4O. The zero-order valence-electron chi connectivity index (χ0n) is 9.03. The molecule has 0 bridgehead atoms. The monoisotopic (exact) mass is 258 g/mol. The molecule has 0 saturated heterocycles. The minimum atomic E-state index is -4.39. The van der Waals surface area contributed by atoms with E-state index in [0.717, 1.165) is 12.1 Å². The molecule has 0 amide bonds. The normalized spacial score (nSPS) is 11.6. The lowest BCUT2D eigenvalue weighted by atomic mass is 10.2. The van der Waals surface area contributed by atoms with E-state index in [1.165, 1.54) is 12.1 Å². The molecule has 2 rings (SSSR count). The summed E-state index contributed by atoms with van der Waals surface area (Å²) in [4.78, 5) is 0. The first-order chi connectivity index (χ1) is 8.49. The summed E-state index contributed by atoms with van der Waals surface area (Å²) < 4.78 is 42.4. The topological polar surface area (TPSA) is 77.0 Å². The number of nitrogens with zero attached hydrogens (tertiary/aromatic N) is 2. The van der Waals surface area contributed by atoms with Crippen molar-refractivity contribution in [3.63, 3.8) is 0 Å². The summed E-state index contributed by atoms with van der Waals surface area (Å²) in [6.07, 6.45) is -4.39. The number of halogens is 3. The smallest absolute Gasteiger partial charge is 0.406 e. The van der Waals surface area contributed by atoms with Gasteiger partial charge in [-0.3, -0.25) is 0 Å². The molecule has 0 saturated carbocycles. The van der Waals surface area contributed by atoms with E-state index >= 15 is 0 Å². The van der Waals surface area contributed by atoms with Gasteiger partial charge >= 0.3 is 12.2 Å². The Kier molecular flexibility index (Phi) is 3.19. The third-order valence-electron chi connectivity index (χ3n) is 2.08. The molecule has 0 aliphatic carbocycles. The van der Waals surface area contributed by atoms with E-state index < -0.39 is 11.7 Å². The largest absolute Gasteiger partial charge is 0.416 e. The number of nitrogens with one attached hydrogen (secondary N) is 1. The van der Waals surface area contributed by atoms with Crippen LogP contribution in [0.5, 0.6) is 0 Å². The standard InChI is InChI=1S/C10H9F3N4O/c11-10(12,13)6-2-1-3-7(4-6)15-9-17-16-8(5-14)18-9/h1-4H,5,14H2,(H,15,17). The summed E-state index contributed by atoms with van der Waals surface area (Å²) in [5.74, 6) is 0.199. The molecule has 1 aromatic carbocycles. The number of nitrogens with two attached hydrogens (primary N) is 1. The van der Waals surface area contributed by atoms with Gasteiger partial charge in [0.2, 0.25) is 5.89 Å². The van der Waals surface area contributed by atoms with Crippen LogP contribution in [0.4, 0.5) is 24.9 Å². The number of rotatable bonds is 3. The third kappa shape index (κ3) is 2.77. The van der Waals surface area contributed by atoms with Crippen LogP contribution >= 0.6 is 0 Å². The predicted octanol–water partition coefficient (Wildman–Crippen LogP) is 2.29. The van der Waals surface area contributed by atoms with Gasteiger partial charge < -0.3 is 15.5 Å². The van der Waals surface area contributed by atoms with Gasteiger partial charge in [-0.2, -0.15) is 13.2 Å². The van der Waals surface area contributed by atoms with E-state index in [-0.39, 0.29) is 24.1 Å². The quantitative estimate of drug-likeness (QED) is 0.883. The maximum absolute atomic E-state index is 12.5. The van der Waals surface area contributed by atoms with Crippen LogP contribution in [0.1, 0.15) is 11.5 Å². The highest BCUT2D eigenvalue weighted by atomic mass is 19.4. The number of hydrogen-bond acceptors (Lipinski definition) is 5. The molecule has 2 aromatic rings. The van der Waals surface area contributed by atoms with E-state index in [2.05, 4.69) is 15.5 Å². The van der Waals surface area contributed by atoms with Crippen molar-refractivity contribution in [2.45, 2.75) is 12.7 Å². The van der Waals surface area contributed by atoms with Crippen LogP contribution < -0.4 is 11.1 Å². The van der Waals surface area contributed by atoms with E-state index in [4.69, 9.17) is 10.2 Å². The second kappa shape index (κ2) is 4.65. The van der Waals surface area contributed by atoms with Crippen LogP contribution in [-0.4, -0.2) is 10.2 Å². The third-order valence-corrected chi connectivity index (χ3v) is 2.08. The fourth-order valence-electron chi connectivity index (χ4n) is 1.28. The van der Waals surface area contributed by atoms with Gasteiger partial charge in [-0.25, -0.2) is 0 Å². The van der Waals surface area contributed by atoms with Crippen molar-refractivity contribution in [2.75, 3.05) is 5.32 Å². The van der Waals surface area contributed by atoms with Crippen molar-refractivity contribution in [1.82, 2.24) is 10.2 Å². The summed E-state index contributed by atoms with van der Waals surface area (Å²) in [5, 5.41) is 9.74. The van der Waals surface area contributed by atoms with Gasteiger partial charge in [-0.05, 0) is 18.2 Å². The summed E-state index contributed by atoms with van der Waals surface area (Å²) in [6, 6.07) is 4.67. The fraction of sp³-hybridized carbons (Fsp3) is 0.200. The minimum absolute atomic E-state index is 0.00484. The van der Waals surface area contributed by atoms with Gasteiger partial charge in [0.1, 0.15) is 0 Å². The Bertz CT molecular complexity index is 538. The van der Waals surface area contributed by atoms with Crippen molar-refractivity contribution in [1.29, 1.82) is 0 Å². The van der Waals surface area contributed by atoms with Gasteiger partial charge in [0, 0.05) is 5.69 Å². The van der Waals surface area contributed by atoms with E-state index in [9.17, 15) is 13.2 Å². The first-order valence-corrected chi connectivity index (χ1v) is 4.96. The average Bonchev–Trinajstić information content (AvgIpc) is 2.76. The molecule has 1 aromatic heterocycles. The number of aromatic nitrogens is 2. The van der Waals surface area contributed by atoms with Crippen molar-refractivity contribution < 1.29 is 17.6 Å². The number of alkyl halides is 3. The van der Waals surface area contributed by atoms with Crippen LogP contribution in [0.15, 0.2) is 28.7 Å². The Labute approximate surface area is 99.8 Å². The molecular weight excluding hydrogens is 249 g/mol. The van der Waals surface area contributed by atoms with Gasteiger partial charge in [-0.15, -0.1) is 5.10 Å². The van der Waals surface area contributed by atoms with Crippen LogP contribution in [0.25, 0.3) is 0 Å². The number of benzene rings is 1. The predicted molar refractivity (Wildman–Crippen MR) is 56.9 cm³/mol. The molecule has 0 atom stereocenters. The number of anilines is 2. The van der Waals surface area contributed by atoms with Crippen LogP contribution in [-0.2, 0) is 12.7 Å². The molecule has 0 spiro atoms. The van der Waals surface area contributed by atoms with Crippen molar-refractivity contribution in [2.24, 2.45) is 5.73 Å². The highest BCUT2D eigenvalue weighted by molar-refractivity contribution is 5.53. The summed E-state index contributed by atoms with van der Waals surface area (Å²) >= 11 is 0. The first kappa shape index (κ1) is 12.4. The molecule has 1 heterocycles. The van der Waals surface area contributed by atoms with Crippen LogP contribution in [0, 0.1) is 0 Å². The van der Waals surface area contributed by atoms with Crippen molar-refractivity contribution >= 4 is 11.7 Å². The molecule has 0 radical (unpaired) electrons. The van der Waals surface area contributed by atoms with Gasteiger partial charge in [0.25, 0.3) is 0 Å². The molecule has 0 aliphatic rings. The van der Waals surface area contributed by atoms with Gasteiger partial charge in [0.05, 0.1) is 12.1 Å². The zero-order chi connectivity index (χ0) is 13.2. The van der Waals surface area contributed by atoms with Crippen LogP contribution in [0.3, 0.4) is 0 Å². The summed E-state index contributed by atoms with van der Waals surface area (Å²) in [5.41, 5.74) is 4.71. The lowest BCUT2D eigenvalue weighted by Crippen LogP contribution is -2.05. The molecule has 0 aliphatic heterocycles. The van der Waals surface area contributed by atoms with Gasteiger partial charge in [0.15, 0.2) is 0 Å². The molecule has 3 N–H and O–H groups in total. The zero-order valence-corrected chi connectivity index (χ0v) is 9.03. The lowest BCUT2D eigenvalue weighted by molar-refractivity contribution is -0.137. The Hall–Kier alpha value is -2.09. The van der Waals surface area contributed by atoms with Crippen molar-refractivity contribution in [3.05, 3.63) is 35.7 Å². The molecule has 96 valence electrons. The van der Waals surface area contributed by atoms with Crippen LogP contribution in [0.2, 0.25) is 0 Å². The molecule has 0 unspecified atom stereocenters. The number of hydrogen-bond donors (Lipinski definition) is 2. The summed E-state index contributed by atoms with van der Waals surface area (Å²) in [6.45, 7) is 0.0667. The Morgan fingerprint density at radius 2 is 2.06 bits per heavy atom. The second-order valence-corrected chi connectivity index (χ2v) is 3.41. The Balaban J connectivity index is 2.19. The van der Waals surface area contributed by atoms with E-state index in [0.29, 0.717) is 0 Å². The fourth-order valence-corrected chi connectivity index (χ4v) is 1.28. The minimum Gasteiger partial charge on any atom is -0.406 e. The van der Waals surface area contributed by atoms with E-state index in [1.54, 1.807) is 0 Å². The maximum atomic E-state index is 12.5. The molecule has 0 fully saturated rings. The lowest BCUT2D eigenvalue weighted by Gasteiger charge is -2.08. The molecule has 5 nitrogen and oxygen atoms in total. The highest BCUT2D eigenvalue weighted by Crippen LogP contribution is 2.31. The highest BCUT2D eigenvalue weighted by Gasteiger charge is 2.30. The molecule has 18 heavy (non-hydrogen) atoms.